The van der Waals surface area contributed by atoms with Crippen molar-refractivity contribution in [1.82, 2.24) is 0 Å². The topological polar surface area (TPSA) is 58.9 Å². The Morgan fingerprint density at radius 3 is 1.89 bits per heavy atom. The normalized spacial score (nSPS) is 16.2. The number of aliphatic hydroxyl groups excluding tert-OH is 1. The molecule has 2 aromatic rings. The quantitative estimate of drug-likeness (QED) is 0.344. The summed E-state index contributed by atoms with van der Waals surface area (Å²) >= 11 is 0. The molecular weight excluding hydrogens is 493 g/mol. The van der Waals surface area contributed by atoms with Crippen molar-refractivity contribution in [2.24, 2.45) is 0 Å². The molecule has 0 amide bonds. The minimum absolute atomic E-state index is 0.0753. The number of aliphatic hydroxyl groups is 1. The lowest BCUT2D eigenvalue weighted by Crippen LogP contribution is -2.44. The van der Waals surface area contributed by atoms with E-state index in [0.29, 0.717) is 0 Å². The number of phenols is 1. The van der Waals surface area contributed by atoms with E-state index in [1.165, 1.54) is 0 Å². The van der Waals surface area contributed by atoms with Gasteiger partial charge in [0.25, 0.3) is 0 Å². The van der Waals surface area contributed by atoms with E-state index in [2.05, 4.69) is 67.7 Å². The first-order valence-corrected chi connectivity index (χ1v) is 19.4. The van der Waals surface area contributed by atoms with Gasteiger partial charge in [-0.05, 0) is 109 Å². The maximum Gasteiger partial charge on any atom is 0.250 e. The standard InChI is InChI=1S/C31H48O4Si2/c1-21-19-27(32)26(20-28(21)35-37(10,11)31(5,6)7)24-13-12-14-25(24)29(33)22-15-17-23(18-16-22)34-36(8,9)30(2,3)4/h15-20,29,32-33H,12-14H2,1-11H3. The molecule has 2 N–H and O–H groups in total. The van der Waals surface area contributed by atoms with Crippen molar-refractivity contribution >= 4 is 22.2 Å². The third-order valence-corrected chi connectivity index (χ3v) is 17.5. The zero-order chi connectivity index (χ0) is 28.0. The SMILES string of the molecule is Cc1cc(O)c(C2=C(C(O)c3ccc(O[Si](C)(C)C(C)(C)C)cc3)CCC2)cc1O[Si](C)(C)C(C)(C)C. The van der Waals surface area contributed by atoms with E-state index in [0.717, 1.165) is 58.6 Å². The Bertz CT molecular complexity index is 1150. The van der Waals surface area contributed by atoms with Crippen LogP contribution < -0.4 is 8.85 Å². The van der Waals surface area contributed by atoms with Crippen LogP contribution in [0.2, 0.25) is 36.3 Å². The van der Waals surface area contributed by atoms with E-state index in [4.69, 9.17) is 8.85 Å². The fraction of sp³-hybridized carbons (Fsp3) is 0.548. The molecule has 0 aromatic heterocycles. The summed E-state index contributed by atoms with van der Waals surface area (Å²) in [5, 5.41) is 22.6. The Morgan fingerprint density at radius 2 is 1.35 bits per heavy atom. The summed E-state index contributed by atoms with van der Waals surface area (Å²) in [7, 11) is -3.96. The zero-order valence-corrected chi connectivity index (χ0v) is 26.9. The van der Waals surface area contributed by atoms with Crippen LogP contribution >= 0.6 is 0 Å². The van der Waals surface area contributed by atoms with Crippen LogP contribution in [0.15, 0.2) is 42.0 Å². The van der Waals surface area contributed by atoms with Crippen LogP contribution in [-0.4, -0.2) is 26.8 Å². The highest BCUT2D eigenvalue weighted by molar-refractivity contribution is 6.75. The highest BCUT2D eigenvalue weighted by Gasteiger charge is 2.40. The molecule has 0 bridgehead atoms. The van der Waals surface area contributed by atoms with Gasteiger partial charge in [0.2, 0.25) is 16.6 Å². The first kappa shape index (κ1) is 29.5. The van der Waals surface area contributed by atoms with Crippen LogP contribution in [-0.2, 0) is 0 Å². The highest BCUT2D eigenvalue weighted by Crippen LogP contribution is 2.46. The largest absolute Gasteiger partial charge is 0.544 e. The first-order valence-electron chi connectivity index (χ1n) is 13.6. The van der Waals surface area contributed by atoms with Gasteiger partial charge in [-0.3, -0.25) is 0 Å². The molecule has 1 atom stereocenters. The van der Waals surface area contributed by atoms with E-state index < -0.39 is 22.7 Å². The van der Waals surface area contributed by atoms with Crippen molar-refractivity contribution in [1.29, 1.82) is 0 Å². The molecule has 0 saturated heterocycles. The average Bonchev–Trinajstić information content (AvgIpc) is 3.23. The summed E-state index contributed by atoms with van der Waals surface area (Å²) in [6.45, 7) is 24.3. The van der Waals surface area contributed by atoms with Crippen molar-refractivity contribution in [2.45, 2.75) is 110 Å². The Kier molecular flexibility index (Phi) is 8.20. The molecule has 0 saturated carbocycles. The predicted octanol–water partition coefficient (Wildman–Crippen LogP) is 9.14. The summed E-state index contributed by atoms with van der Waals surface area (Å²) in [6.07, 6.45) is 1.88. The molecule has 4 nitrogen and oxygen atoms in total. The number of hydrogen-bond acceptors (Lipinski definition) is 4. The van der Waals surface area contributed by atoms with Gasteiger partial charge in [0.05, 0.1) is 0 Å². The second kappa shape index (κ2) is 10.3. The summed E-state index contributed by atoms with van der Waals surface area (Å²) in [4.78, 5) is 0. The fourth-order valence-corrected chi connectivity index (χ4v) is 6.30. The van der Waals surface area contributed by atoms with Crippen molar-refractivity contribution in [3.8, 4) is 17.2 Å². The van der Waals surface area contributed by atoms with E-state index in [1.54, 1.807) is 6.07 Å². The van der Waals surface area contributed by atoms with Crippen molar-refractivity contribution in [2.75, 3.05) is 0 Å². The minimum Gasteiger partial charge on any atom is -0.544 e. The number of aryl methyl sites for hydroxylation is 1. The van der Waals surface area contributed by atoms with Crippen LogP contribution in [0.4, 0.5) is 0 Å². The molecule has 0 heterocycles. The number of benzene rings is 2. The molecule has 1 unspecified atom stereocenters. The highest BCUT2D eigenvalue weighted by atomic mass is 28.4. The molecular formula is C31H48O4Si2. The maximum absolute atomic E-state index is 11.4. The Morgan fingerprint density at radius 1 is 0.811 bits per heavy atom. The van der Waals surface area contributed by atoms with Crippen LogP contribution in [0.3, 0.4) is 0 Å². The van der Waals surface area contributed by atoms with Crippen LogP contribution in [0.1, 0.15) is 83.6 Å². The van der Waals surface area contributed by atoms with E-state index in [1.807, 2.05) is 37.3 Å². The van der Waals surface area contributed by atoms with Gasteiger partial charge >= 0.3 is 0 Å². The summed E-state index contributed by atoms with van der Waals surface area (Å²) in [5.41, 5.74) is 4.58. The van der Waals surface area contributed by atoms with Gasteiger partial charge in [-0.2, -0.15) is 0 Å². The lowest BCUT2D eigenvalue weighted by atomic mass is 9.93. The Labute approximate surface area is 227 Å². The molecule has 204 valence electrons. The van der Waals surface area contributed by atoms with Gasteiger partial charge in [-0.1, -0.05) is 53.7 Å². The van der Waals surface area contributed by atoms with Crippen LogP contribution in [0, 0.1) is 6.92 Å². The molecule has 1 aliphatic carbocycles. The summed E-state index contributed by atoms with van der Waals surface area (Å²) < 4.78 is 13.1. The maximum atomic E-state index is 11.4. The smallest absolute Gasteiger partial charge is 0.250 e. The predicted molar refractivity (Wildman–Crippen MR) is 161 cm³/mol. The van der Waals surface area contributed by atoms with Gasteiger partial charge in [0.15, 0.2) is 0 Å². The molecule has 0 spiro atoms. The van der Waals surface area contributed by atoms with Gasteiger partial charge in [-0.15, -0.1) is 0 Å². The molecule has 6 heteroatoms. The summed E-state index contributed by atoms with van der Waals surface area (Å²) in [6, 6.07) is 11.7. The van der Waals surface area contributed by atoms with Crippen molar-refractivity contribution in [3.63, 3.8) is 0 Å². The zero-order valence-electron chi connectivity index (χ0n) is 24.9. The second-order valence-corrected chi connectivity index (χ2v) is 23.1. The monoisotopic (exact) mass is 540 g/mol. The lowest BCUT2D eigenvalue weighted by Gasteiger charge is -2.37. The minimum atomic E-state index is -2.04. The third-order valence-electron chi connectivity index (χ3n) is 8.76. The number of phenolic OH excluding ortho intramolecular Hbond substituents is 1. The van der Waals surface area contributed by atoms with Crippen molar-refractivity contribution < 1.29 is 19.1 Å². The Hall–Kier alpha value is -2.03. The summed E-state index contributed by atoms with van der Waals surface area (Å²) in [5.74, 6) is 1.94. The van der Waals surface area contributed by atoms with Gasteiger partial charge in [-0.25, -0.2) is 0 Å². The van der Waals surface area contributed by atoms with Gasteiger partial charge in [0, 0.05) is 5.56 Å². The number of allylic oxidation sites excluding steroid dienone is 1. The van der Waals surface area contributed by atoms with E-state index in [-0.39, 0.29) is 15.8 Å². The van der Waals surface area contributed by atoms with Crippen LogP contribution in [0.5, 0.6) is 17.2 Å². The molecule has 1 aliphatic rings. The average molecular weight is 541 g/mol. The van der Waals surface area contributed by atoms with Crippen molar-refractivity contribution in [3.05, 3.63) is 58.7 Å². The Balaban J connectivity index is 1.93. The van der Waals surface area contributed by atoms with Crippen LogP contribution in [0.25, 0.3) is 5.57 Å². The van der Waals surface area contributed by atoms with E-state index >= 15 is 0 Å². The van der Waals surface area contributed by atoms with Gasteiger partial charge in [0.1, 0.15) is 23.4 Å². The number of rotatable bonds is 7. The lowest BCUT2D eigenvalue weighted by molar-refractivity contribution is 0.213. The third kappa shape index (κ3) is 6.35. The second-order valence-electron chi connectivity index (χ2n) is 13.7. The fourth-order valence-electron chi connectivity index (χ4n) is 4.20. The number of aromatic hydroxyl groups is 1. The first-order chi connectivity index (χ1) is 16.8. The molecule has 2 aromatic carbocycles. The molecule has 3 rings (SSSR count). The molecule has 0 aliphatic heterocycles. The number of hydrogen-bond donors (Lipinski definition) is 2. The molecule has 0 radical (unpaired) electrons. The molecule has 0 fully saturated rings. The van der Waals surface area contributed by atoms with E-state index in [9.17, 15) is 10.2 Å². The molecule has 37 heavy (non-hydrogen) atoms. The van der Waals surface area contributed by atoms with Gasteiger partial charge < -0.3 is 19.1 Å².